The van der Waals surface area contributed by atoms with Crippen molar-refractivity contribution in [1.82, 2.24) is 4.72 Å². The molecule has 188 valence electrons. The molecule has 4 aliphatic rings. The Hall–Kier alpha value is -2.04. The van der Waals surface area contributed by atoms with Gasteiger partial charge in [-0.2, -0.15) is 0 Å². The van der Waals surface area contributed by atoms with Gasteiger partial charge in [0.25, 0.3) is 5.69 Å². The Morgan fingerprint density at radius 3 is 2.89 bits per heavy atom. The highest BCUT2D eigenvalue weighted by molar-refractivity contribution is 7.96. The quantitative estimate of drug-likeness (QED) is 0.161. The number of fused-ring (bicyclic) bond motifs is 1. The van der Waals surface area contributed by atoms with E-state index in [-0.39, 0.29) is 31.0 Å². The van der Waals surface area contributed by atoms with Crippen LogP contribution < -0.4 is 4.72 Å². The van der Waals surface area contributed by atoms with E-state index in [4.69, 9.17) is 25.3 Å². The molecule has 10 heteroatoms. The maximum absolute atomic E-state index is 11.2. The number of nitrogens with zero attached hydrogens (tertiary/aromatic N) is 1. The number of para-hydroxylation sites is 1. The number of non-ortho nitro benzene ring substituents is 1. The SMILES string of the molecule is CC1(C)C2C[C@H]1CC1OB(C(Cc3coc4ccccc34)NSCc3cc(Cl)cc([N+](=O)[O-])c3)OC12. The second-order valence-electron chi connectivity index (χ2n) is 10.8. The van der Waals surface area contributed by atoms with Crippen molar-refractivity contribution in [1.29, 1.82) is 0 Å². The van der Waals surface area contributed by atoms with E-state index in [1.165, 1.54) is 24.4 Å². The highest BCUT2D eigenvalue weighted by Gasteiger charge is 2.62. The standard InChI is InChI=1S/C26H28BClN2O5S/c1-26(2)17-10-21(26)25-23(11-17)34-27(35-25)24(9-16-13-33-22-6-4-3-5-20(16)22)29-36-14-15-7-18(28)12-19(8-15)30(31)32/h3-8,12-13,17,21,23-25,29H,9-11,14H2,1-2H3/t17-,21?,23?,24?,25?/m0/s1. The van der Waals surface area contributed by atoms with E-state index in [2.05, 4.69) is 24.6 Å². The zero-order chi connectivity index (χ0) is 25.0. The Morgan fingerprint density at radius 1 is 1.25 bits per heavy atom. The van der Waals surface area contributed by atoms with Gasteiger partial charge in [-0.15, -0.1) is 0 Å². The number of nitro groups is 1. The van der Waals surface area contributed by atoms with Gasteiger partial charge in [0.1, 0.15) is 5.58 Å². The summed E-state index contributed by atoms with van der Waals surface area (Å²) in [5.74, 6) is 1.61. The average Bonchev–Trinajstić information content (AvgIpc) is 3.47. The van der Waals surface area contributed by atoms with Gasteiger partial charge in [-0.05, 0) is 59.8 Å². The lowest BCUT2D eigenvalue weighted by molar-refractivity contribution is -0.384. The molecule has 0 spiro atoms. The molecule has 7 rings (SSSR count). The van der Waals surface area contributed by atoms with Crippen LogP contribution in [0.25, 0.3) is 11.0 Å². The molecule has 4 unspecified atom stereocenters. The topological polar surface area (TPSA) is 86.8 Å². The first kappa shape index (κ1) is 24.3. The molecular formula is C26H28BClN2O5S. The molecule has 1 N–H and O–H groups in total. The van der Waals surface area contributed by atoms with E-state index in [1.54, 1.807) is 12.1 Å². The number of halogens is 1. The van der Waals surface area contributed by atoms with Crippen LogP contribution in [0.15, 0.2) is 53.1 Å². The molecule has 2 aromatic carbocycles. The van der Waals surface area contributed by atoms with Gasteiger partial charge in [-0.25, -0.2) is 0 Å². The van der Waals surface area contributed by atoms with Crippen LogP contribution in [0.5, 0.6) is 0 Å². The first-order valence-corrected chi connectivity index (χ1v) is 13.7. The van der Waals surface area contributed by atoms with E-state index in [0.29, 0.717) is 34.4 Å². The first-order valence-electron chi connectivity index (χ1n) is 12.4. The second-order valence-corrected chi connectivity index (χ2v) is 12.0. The van der Waals surface area contributed by atoms with Crippen LogP contribution in [0.3, 0.4) is 0 Å². The highest BCUT2D eigenvalue weighted by atomic mass is 35.5. The molecule has 1 aromatic heterocycles. The van der Waals surface area contributed by atoms with Crippen LogP contribution in [-0.2, 0) is 21.5 Å². The van der Waals surface area contributed by atoms with Crippen molar-refractivity contribution in [3.05, 3.63) is 75.0 Å². The maximum atomic E-state index is 11.2. The lowest BCUT2D eigenvalue weighted by Crippen LogP contribution is -2.59. The Bertz CT molecular complexity index is 1300. The van der Waals surface area contributed by atoms with Crippen LogP contribution in [-0.4, -0.2) is 30.2 Å². The molecule has 36 heavy (non-hydrogen) atoms. The van der Waals surface area contributed by atoms with Crippen LogP contribution in [0.4, 0.5) is 5.69 Å². The monoisotopic (exact) mass is 526 g/mol. The number of rotatable bonds is 8. The lowest BCUT2D eigenvalue weighted by atomic mass is 9.47. The molecular weight excluding hydrogens is 499 g/mol. The Kier molecular flexibility index (Phi) is 6.33. The molecule has 2 heterocycles. The summed E-state index contributed by atoms with van der Waals surface area (Å²) in [6.45, 7) is 4.71. The Balaban J connectivity index is 1.20. The molecule has 2 bridgehead atoms. The van der Waals surface area contributed by atoms with Gasteiger partial charge in [0.05, 0.1) is 29.3 Å². The molecule has 0 radical (unpaired) electrons. The fourth-order valence-electron chi connectivity index (χ4n) is 6.23. The van der Waals surface area contributed by atoms with E-state index in [1.807, 2.05) is 24.5 Å². The third-order valence-electron chi connectivity index (χ3n) is 8.38. The summed E-state index contributed by atoms with van der Waals surface area (Å²) in [7, 11) is -0.384. The van der Waals surface area contributed by atoms with Crippen molar-refractivity contribution in [2.75, 3.05) is 0 Å². The number of hydrogen-bond donors (Lipinski definition) is 1. The van der Waals surface area contributed by atoms with Gasteiger partial charge >= 0.3 is 7.12 Å². The van der Waals surface area contributed by atoms with Gasteiger partial charge in [-0.3, -0.25) is 14.8 Å². The zero-order valence-electron chi connectivity index (χ0n) is 20.2. The predicted molar refractivity (Wildman–Crippen MR) is 142 cm³/mol. The number of benzene rings is 2. The van der Waals surface area contributed by atoms with Crippen molar-refractivity contribution in [3.63, 3.8) is 0 Å². The lowest BCUT2D eigenvalue weighted by Gasteiger charge is -2.60. The molecule has 4 fully saturated rings. The van der Waals surface area contributed by atoms with Crippen LogP contribution in [0, 0.1) is 27.4 Å². The molecule has 5 atom stereocenters. The van der Waals surface area contributed by atoms with Crippen LogP contribution in [0.2, 0.25) is 5.02 Å². The van der Waals surface area contributed by atoms with Gasteiger partial charge in [0.15, 0.2) is 0 Å². The largest absolute Gasteiger partial charge is 0.477 e. The van der Waals surface area contributed by atoms with Gasteiger partial charge < -0.3 is 13.7 Å². The van der Waals surface area contributed by atoms with Gasteiger partial charge in [0.2, 0.25) is 0 Å². The van der Waals surface area contributed by atoms with Crippen molar-refractivity contribution in [2.24, 2.45) is 17.3 Å². The van der Waals surface area contributed by atoms with Gasteiger partial charge in [-0.1, -0.05) is 55.6 Å². The summed E-state index contributed by atoms with van der Waals surface area (Å²) in [5, 5.41) is 12.7. The molecule has 0 amide bonds. The smallest absolute Gasteiger partial charge is 0.464 e. The minimum absolute atomic E-state index is 0.00680. The summed E-state index contributed by atoms with van der Waals surface area (Å²) < 4.78 is 22.5. The molecule has 3 aromatic rings. The third-order valence-corrected chi connectivity index (χ3v) is 9.55. The van der Waals surface area contributed by atoms with Crippen molar-refractivity contribution in [3.8, 4) is 0 Å². The summed E-state index contributed by atoms with van der Waals surface area (Å²) >= 11 is 7.60. The summed E-state index contributed by atoms with van der Waals surface area (Å²) in [4.78, 5) is 10.8. The van der Waals surface area contributed by atoms with E-state index in [0.717, 1.165) is 28.5 Å². The van der Waals surface area contributed by atoms with E-state index in [9.17, 15) is 10.1 Å². The van der Waals surface area contributed by atoms with Gasteiger partial charge in [0, 0.05) is 28.3 Å². The minimum atomic E-state index is -0.422. The molecule has 3 aliphatic carbocycles. The normalized spacial score (nSPS) is 27.0. The number of furan rings is 1. The fraction of sp³-hybridized carbons (Fsp3) is 0.462. The zero-order valence-corrected chi connectivity index (χ0v) is 21.8. The summed E-state index contributed by atoms with van der Waals surface area (Å²) in [5.41, 5.74) is 3.03. The molecule has 1 aliphatic heterocycles. The minimum Gasteiger partial charge on any atom is -0.464 e. The Labute approximate surface area is 219 Å². The number of hydrogen-bond acceptors (Lipinski definition) is 7. The first-order chi connectivity index (χ1) is 17.3. The average molecular weight is 527 g/mol. The fourth-order valence-corrected chi connectivity index (χ4v) is 7.30. The molecule has 3 saturated carbocycles. The second kappa shape index (κ2) is 9.37. The van der Waals surface area contributed by atoms with Crippen LogP contribution >= 0.6 is 23.5 Å². The number of nitro benzene ring substituents is 1. The Morgan fingerprint density at radius 2 is 2.08 bits per heavy atom. The van der Waals surface area contributed by atoms with E-state index < -0.39 is 4.92 Å². The highest BCUT2D eigenvalue weighted by Crippen LogP contribution is 2.61. The summed E-state index contributed by atoms with van der Waals surface area (Å²) in [6, 6.07) is 12.7. The maximum Gasteiger partial charge on any atom is 0.477 e. The van der Waals surface area contributed by atoms with E-state index >= 15 is 0 Å². The van der Waals surface area contributed by atoms with Crippen molar-refractivity contribution in [2.45, 2.75) is 57.0 Å². The number of nitrogens with one attached hydrogen (secondary N) is 1. The van der Waals surface area contributed by atoms with Crippen molar-refractivity contribution >= 4 is 47.3 Å². The third kappa shape index (κ3) is 4.35. The molecule has 1 saturated heterocycles. The summed E-state index contributed by atoms with van der Waals surface area (Å²) in [6.07, 6.45) is 5.01. The predicted octanol–water partition coefficient (Wildman–Crippen LogP) is 6.22. The molecule has 7 nitrogen and oxygen atoms in total. The van der Waals surface area contributed by atoms with Crippen LogP contribution in [0.1, 0.15) is 37.8 Å². The van der Waals surface area contributed by atoms with Crippen molar-refractivity contribution < 1.29 is 18.6 Å².